The van der Waals surface area contributed by atoms with Crippen molar-refractivity contribution in [2.24, 2.45) is 7.05 Å². The van der Waals surface area contributed by atoms with Crippen LogP contribution >= 0.6 is 0 Å². The summed E-state index contributed by atoms with van der Waals surface area (Å²) in [5.74, 6) is 0. The summed E-state index contributed by atoms with van der Waals surface area (Å²) in [5.41, 5.74) is 1.81. The Balaban J connectivity index is 2.76. The minimum absolute atomic E-state index is 0.441. The van der Waals surface area contributed by atoms with Crippen LogP contribution in [0, 0.1) is 6.92 Å². The van der Waals surface area contributed by atoms with Gasteiger partial charge in [-0.15, -0.1) is 0 Å². The Morgan fingerprint density at radius 1 is 1.62 bits per heavy atom. The Hall–Kier alpha value is -0.870. The zero-order chi connectivity index (χ0) is 10.0. The first-order valence-electron chi connectivity index (χ1n) is 4.33. The van der Waals surface area contributed by atoms with Gasteiger partial charge in [-0.05, 0) is 21.0 Å². The number of nitrogens with zero attached hydrogens (tertiary/aromatic N) is 3. The smallest absolute Gasteiger partial charge is 0.0949 e. The van der Waals surface area contributed by atoms with Gasteiger partial charge in [0.2, 0.25) is 0 Å². The fourth-order valence-corrected chi connectivity index (χ4v) is 1.39. The summed E-state index contributed by atoms with van der Waals surface area (Å²) in [5, 5.41) is 14.0. The number of hydrogen-bond donors (Lipinski definition) is 1. The van der Waals surface area contributed by atoms with Crippen LogP contribution in [-0.4, -0.2) is 40.4 Å². The van der Waals surface area contributed by atoms with Crippen LogP contribution in [-0.2, 0) is 7.05 Å². The molecule has 1 unspecified atom stereocenters. The molecule has 0 aliphatic carbocycles. The topological polar surface area (TPSA) is 41.3 Å². The number of aliphatic hydroxyl groups excluding tert-OH is 1. The number of rotatable bonds is 3. The molecular formula is C9H17N3O. The third-order valence-corrected chi connectivity index (χ3v) is 1.95. The van der Waals surface area contributed by atoms with Crippen LogP contribution in [0.1, 0.15) is 17.4 Å². The summed E-state index contributed by atoms with van der Waals surface area (Å²) in [6.07, 6.45) is 1.42. The van der Waals surface area contributed by atoms with Gasteiger partial charge in [0.25, 0.3) is 0 Å². The van der Waals surface area contributed by atoms with Gasteiger partial charge in [0, 0.05) is 25.4 Å². The third kappa shape index (κ3) is 2.54. The van der Waals surface area contributed by atoms with Gasteiger partial charge in [0.1, 0.15) is 0 Å². The minimum atomic E-state index is -0.441. The first-order chi connectivity index (χ1) is 6.00. The lowest BCUT2D eigenvalue weighted by atomic mass is 10.1. The quantitative estimate of drug-likeness (QED) is 0.734. The monoisotopic (exact) mass is 183 g/mol. The summed E-state index contributed by atoms with van der Waals surface area (Å²) in [4.78, 5) is 1.96. The van der Waals surface area contributed by atoms with Gasteiger partial charge in [-0.3, -0.25) is 4.68 Å². The Bertz CT molecular complexity index is 280. The fourth-order valence-electron chi connectivity index (χ4n) is 1.39. The lowest BCUT2D eigenvalue weighted by Crippen LogP contribution is -2.20. The van der Waals surface area contributed by atoms with Gasteiger partial charge in [-0.1, -0.05) is 0 Å². The minimum Gasteiger partial charge on any atom is -0.387 e. The highest BCUT2D eigenvalue weighted by molar-refractivity contribution is 5.18. The van der Waals surface area contributed by atoms with Gasteiger partial charge in [-0.25, -0.2) is 0 Å². The number of aromatic nitrogens is 2. The zero-order valence-electron chi connectivity index (χ0n) is 8.65. The van der Waals surface area contributed by atoms with Crippen molar-refractivity contribution in [3.8, 4) is 0 Å². The van der Waals surface area contributed by atoms with Crippen molar-refractivity contribution in [3.63, 3.8) is 0 Å². The zero-order valence-corrected chi connectivity index (χ0v) is 8.65. The molecule has 0 amide bonds. The molecule has 4 heteroatoms. The highest BCUT2D eigenvalue weighted by Crippen LogP contribution is 2.16. The van der Waals surface area contributed by atoms with E-state index in [9.17, 15) is 5.11 Å². The second-order valence-corrected chi connectivity index (χ2v) is 3.62. The standard InChI is InChI=1S/C9H17N3O/c1-7-8(5-12(4)10-7)9(13)6-11(2)3/h5,9,13H,6H2,1-4H3. The predicted molar refractivity (Wildman–Crippen MR) is 51.5 cm³/mol. The summed E-state index contributed by atoms with van der Waals surface area (Å²) < 4.78 is 1.73. The normalized spacial score (nSPS) is 13.7. The van der Waals surface area contributed by atoms with E-state index < -0.39 is 6.10 Å². The van der Waals surface area contributed by atoms with Crippen molar-refractivity contribution in [1.29, 1.82) is 0 Å². The molecule has 4 nitrogen and oxygen atoms in total. The van der Waals surface area contributed by atoms with Crippen molar-refractivity contribution >= 4 is 0 Å². The largest absolute Gasteiger partial charge is 0.387 e. The van der Waals surface area contributed by atoms with E-state index in [-0.39, 0.29) is 0 Å². The Kier molecular flexibility index (Phi) is 3.06. The molecule has 1 aromatic rings. The fraction of sp³-hybridized carbons (Fsp3) is 0.667. The van der Waals surface area contributed by atoms with Gasteiger partial charge in [0.15, 0.2) is 0 Å². The summed E-state index contributed by atoms with van der Waals surface area (Å²) >= 11 is 0. The predicted octanol–water partition coefficient (Wildman–Crippen LogP) is 0.324. The van der Waals surface area contributed by atoms with Crippen LogP contribution in [0.2, 0.25) is 0 Å². The molecule has 1 N–H and O–H groups in total. The number of hydrogen-bond acceptors (Lipinski definition) is 3. The Morgan fingerprint density at radius 3 is 2.62 bits per heavy atom. The van der Waals surface area contributed by atoms with E-state index in [0.29, 0.717) is 6.54 Å². The Labute approximate surface area is 78.8 Å². The molecule has 13 heavy (non-hydrogen) atoms. The molecule has 1 atom stereocenters. The van der Waals surface area contributed by atoms with E-state index in [2.05, 4.69) is 5.10 Å². The van der Waals surface area contributed by atoms with Crippen LogP contribution in [0.15, 0.2) is 6.20 Å². The van der Waals surface area contributed by atoms with Crippen LogP contribution in [0.5, 0.6) is 0 Å². The number of aryl methyl sites for hydroxylation is 2. The van der Waals surface area contributed by atoms with Gasteiger partial charge in [0.05, 0.1) is 11.8 Å². The molecule has 1 heterocycles. The lowest BCUT2D eigenvalue weighted by Gasteiger charge is -2.14. The van der Waals surface area contributed by atoms with E-state index in [1.165, 1.54) is 0 Å². The molecule has 0 spiro atoms. The molecule has 0 aliphatic rings. The van der Waals surface area contributed by atoms with Crippen molar-refractivity contribution in [1.82, 2.24) is 14.7 Å². The maximum Gasteiger partial charge on any atom is 0.0949 e. The Morgan fingerprint density at radius 2 is 2.23 bits per heavy atom. The van der Waals surface area contributed by atoms with Crippen LogP contribution in [0.25, 0.3) is 0 Å². The van der Waals surface area contributed by atoms with Crippen molar-refractivity contribution in [3.05, 3.63) is 17.5 Å². The van der Waals surface area contributed by atoms with Crippen molar-refractivity contribution in [2.45, 2.75) is 13.0 Å². The van der Waals surface area contributed by atoms with Gasteiger partial charge in [-0.2, -0.15) is 5.10 Å². The SMILES string of the molecule is Cc1nn(C)cc1C(O)CN(C)C. The van der Waals surface area contributed by atoms with E-state index in [1.807, 2.05) is 39.2 Å². The van der Waals surface area contributed by atoms with E-state index in [0.717, 1.165) is 11.3 Å². The maximum absolute atomic E-state index is 9.79. The summed E-state index contributed by atoms with van der Waals surface area (Å²) in [6, 6.07) is 0. The average Bonchev–Trinajstić information content (AvgIpc) is 2.28. The van der Waals surface area contributed by atoms with E-state index >= 15 is 0 Å². The third-order valence-electron chi connectivity index (χ3n) is 1.95. The molecule has 0 bridgehead atoms. The molecule has 0 aliphatic heterocycles. The molecule has 0 radical (unpaired) electrons. The lowest BCUT2D eigenvalue weighted by molar-refractivity contribution is 0.138. The number of likely N-dealkylation sites (N-methyl/N-ethyl adjacent to an activating group) is 1. The highest BCUT2D eigenvalue weighted by atomic mass is 16.3. The van der Waals surface area contributed by atoms with Crippen molar-refractivity contribution < 1.29 is 5.11 Å². The molecule has 0 aromatic carbocycles. The van der Waals surface area contributed by atoms with Gasteiger partial charge >= 0.3 is 0 Å². The second kappa shape index (κ2) is 3.89. The second-order valence-electron chi connectivity index (χ2n) is 3.62. The molecule has 0 saturated heterocycles. The van der Waals surface area contributed by atoms with Crippen LogP contribution in [0.3, 0.4) is 0 Å². The summed E-state index contributed by atoms with van der Waals surface area (Å²) in [6.45, 7) is 2.54. The molecule has 74 valence electrons. The van der Waals surface area contributed by atoms with Crippen LogP contribution < -0.4 is 0 Å². The molecule has 0 saturated carbocycles. The van der Waals surface area contributed by atoms with Crippen molar-refractivity contribution in [2.75, 3.05) is 20.6 Å². The van der Waals surface area contributed by atoms with Crippen LogP contribution in [0.4, 0.5) is 0 Å². The number of aliphatic hydroxyl groups is 1. The first kappa shape index (κ1) is 10.2. The first-order valence-corrected chi connectivity index (χ1v) is 4.33. The van der Waals surface area contributed by atoms with E-state index in [1.54, 1.807) is 4.68 Å². The molecule has 0 fully saturated rings. The molecule has 1 aromatic heterocycles. The molecular weight excluding hydrogens is 166 g/mol. The maximum atomic E-state index is 9.79. The highest BCUT2D eigenvalue weighted by Gasteiger charge is 2.13. The molecule has 1 rings (SSSR count). The van der Waals surface area contributed by atoms with E-state index in [4.69, 9.17) is 0 Å². The average molecular weight is 183 g/mol. The van der Waals surface area contributed by atoms with Gasteiger partial charge < -0.3 is 10.0 Å². The summed E-state index contributed by atoms with van der Waals surface area (Å²) in [7, 11) is 5.74.